The molecule has 0 radical (unpaired) electrons. The van der Waals surface area contributed by atoms with Crippen LogP contribution in [-0.2, 0) is 9.59 Å². The standard InChI is InChI=1S/C18H25N3O2/c1-11-7-8-13(9-12(11)2)19-17(22)10-16-18(23)21-15-6-4-3-5-14(15)20-16/h7-9,14-16,20H,3-6,10H2,1-2H3,(H,19,22)(H,21,23). The summed E-state index contributed by atoms with van der Waals surface area (Å²) in [5.41, 5.74) is 3.12. The van der Waals surface area contributed by atoms with Crippen LogP contribution in [0.4, 0.5) is 5.69 Å². The predicted molar refractivity (Wildman–Crippen MR) is 90.3 cm³/mol. The number of piperazine rings is 1. The van der Waals surface area contributed by atoms with Gasteiger partial charge in [0.15, 0.2) is 0 Å². The van der Waals surface area contributed by atoms with Crippen LogP contribution in [0.15, 0.2) is 18.2 Å². The van der Waals surface area contributed by atoms with Gasteiger partial charge in [0.2, 0.25) is 11.8 Å². The van der Waals surface area contributed by atoms with Crippen LogP contribution in [0.5, 0.6) is 0 Å². The van der Waals surface area contributed by atoms with E-state index in [-0.39, 0.29) is 24.3 Å². The number of rotatable bonds is 3. The van der Waals surface area contributed by atoms with Crippen LogP contribution in [0, 0.1) is 13.8 Å². The third-order valence-corrected chi connectivity index (χ3v) is 5.01. The third-order valence-electron chi connectivity index (χ3n) is 5.01. The van der Waals surface area contributed by atoms with Crippen LogP contribution < -0.4 is 16.0 Å². The Balaban J connectivity index is 1.58. The van der Waals surface area contributed by atoms with Crippen molar-refractivity contribution in [1.29, 1.82) is 0 Å². The van der Waals surface area contributed by atoms with Gasteiger partial charge in [-0.05, 0) is 49.9 Å². The Hall–Kier alpha value is -1.88. The van der Waals surface area contributed by atoms with Gasteiger partial charge in [0.05, 0.1) is 12.5 Å². The number of fused-ring (bicyclic) bond motifs is 1. The molecule has 1 saturated carbocycles. The Bertz CT molecular complexity index is 614. The fourth-order valence-corrected chi connectivity index (χ4v) is 3.49. The first-order valence-corrected chi connectivity index (χ1v) is 8.46. The number of anilines is 1. The SMILES string of the molecule is Cc1ccc(NC(=O)CC2NC3CCCCC3NC2=O)cc1C. The van der Waals surface area contributed by atoms with Crippen molar-refractivity contribution in [3.05, 3.63) is 29.3 Å². The molecule has 1 heterocycles. The summed E-state index contributed by atoms with van der Waals surface area (Å²) in [7, 11) is 0. The molecule has 124 valence electrons. The quantitative estimate of drug-likeness (QED) is 0.799. The molecular formula is C18H25N3O2. The minimum atomic E-state index is -0.430. The lowest BCUT2D eigenvalue weighted by molar-refractivity contribution is -0.129. The molecule has 1 saturated heterocycles. The van der Waals surface area contributed by atoms with Crippen molar-refractivity contribution in [2.24, 2.45) is 0 Å². The molecule has 0 spiro atoms. The average molecular weight is 315 g/mol. The highest BCUT2D eigenvalue weighted by Gasteiger charge is 2.36. The molecule has 2 fully saturated rings. The van der Waals surface area contributed by atoms with Crippen molar-refractivity contribution in [2.45, 2.75) is 64.1 Å². The van der Waals surface area contributed by atoms with E-state index in [1.54, 1.807) is 0 Å². The van der Waals surface area contributed by atoms with Gasteiger partial charge in [0.25, 0.3) is 0 Å². The van der Waals surface area contributed by atoms with Gasteiger partial charge in [-0.25, -0.2) is 0 Å². The minimum absolute atomic E-state index is 0.0524. The van der Waals surface area contributed by atoms with E-state index in [2.05, 4.69) is 16.0 Å². The van der Waals surface area contributed by atoms with Gasteiger partial charge in [-0.3, -0.25) is 9.59 Å². The van der Waals surface area contributed by atoms with Crippen LogP contribution in [0.3, 0.4) is 0 Å². The second-order valence-corrected chi connectivity index (χ2v) is 6.78. The van der Waals surface area contributed by atoms with Crippen molar-refractivity contribution in [3.63, 3.8) is 0 Å². The summed E-state index contributed by atoms with van der Waals surface area (Å²) >= 11 is 0. The maximum absolute atomic E-state index is 12.3. The third kappa shape index (κ3) is 3.72. The van der Waals surface area contributed by atoms with Crippen LogP contribution in [0.1, 0.15) is 43.2 Å². The molecule has 1 aromatic rings. The Morgan fingerprint density at radius 1 is 1.17 bits per heavy atom. The summed E-state index contributed by atoms with van der Waals surface area (Å²) in [4.78, 5) is 24.4. The van der Waals surface area contributed by atoms with Crippen molar-refractivity contribution in [2.75, 3.05) is 5.32 Å². The molecule has 1 aromatic carbocycles. The number of aryl methyl sites for hydroxylation is 2. The topological polar surface area (TPSA) is 70.2 Å². The van der Waals surface area contributed by atoms with E-state index in [1.165, 1.54) is 18.4 Å². The van der Waals surface area contributed by atoms with Gasteiger partial charge in [-0.1, -0.05) is 18.9 Å². The van der Waals surface area contributed by atoms with Crippen LogP contribution in [-0.4, -0.2) is 29.9 Å². The molecule has 3 rings (SSSR count). The van der Waals surface area contributed by atoms with Gasteiger partial charge in [-0.15, -0.1) is 0 Å². The van der Waals surface area contributed by atoms with Crippen molar-refractivity contribution < 1.29 is 9.59 Å². The van der Waals surface area contributed by atoms with Gasteiger partial charge in [0.1, 0.15) is 0 Å². The average Bonchev–Trinajstić information content (AvgIpc) is 2.51. The molecule has 2 amide bonds. The van der Waals surface area contributed by atoms with E-state index in [9.17, 15) is 9.59 Å². The molecule has 3 N–H and O–H groups in total. The molecule has 1 aliphatic carbocycles. The second kappa shape index (κ2) is 6.71. The largest absolute Gasteiger partial charge is 0.350 e. The maximum Gasteiger partial charge on any atom is 0.237 e. The highest BCUT2D eigenvalue weighted by Crippen LogP contribution is 2.22. The molecule has 1 aliphatic heterocycles. The number of amides is 2. The first kappa shape index (κ1) is 16.0. The summed E-state index contributed by atoms with van der Waals surface area (Å²) in [5.74, 6) is -0.182. The molecule has 2 aliphatic rings. The van der Waals surface area contributed by atoms with Crippen LogP contribution >= 0.6 is 0 Å². The number of hydrogen-bond acceptors (Lipinski definition) is 3. The van der Waals surface area contributed by atoms with Crippen molar-refractivity contribution in [3.8, 4) is 0 Å². The normalized spacial score (nSPS) is 27.0. The van der Waals surface area contributed by atoms with E-state index >= 15 is 0 Å². The summed E-state index contributed by atoms with van der Waals surface area (Å²) in [6, 6.07) is 5.95. The Kier molecular flexibility index (Phi) is 4.66. The molecule has 5 heteroatoms. The fraction of sp³-hybridized carbons (Fsp3) is 0.556. The van der Waals surface area contributed by atoms with E-state index in [0.29, 0.717) is 6.04 Å². The fourth-order valence-electron chi connectivity index (χ4n) is 3.49. The summed E-state index contributed by atoms with van der Waals surface area (Å²) in [5, 5.41) is 9.33. The number of benzene rings is 1. The lowest BCUT2D eigenvalue weighted by Crippen LogP contribution is -2.65. The summed E-state index contributed by atoms with van der Waals surface area (Å²) in [6.07, 6.45) is 4.62. The van der Waals surface area contributed by atoms with Crippen molar-refractivity contribution in [1.82, 2.24) is 10.6 Å². The predicted octanol–water partition coefficient (Wildman–Crippen LogP) is 2.03. The zero-order chi connectivity index (χ0) is 16.4. The highest BCUT2D eigenvalue weighted by atomic mass is 16.2. The van der Waals surface area contributed by atoms with Gasteiger partial charge in [-0.2, -0.15) is 0 Å². The second-order valence-electron chi connectivity index (χ2n) is 6.78. The Morgan fingerprint density at radius 2 is 1.91 bits per heavy atom. The molecule has 5 nitrogen and oxygen atoms in total. The number of carbonyl (C=O) groups is 2. The first-order valence-electron chi connectivity index (χ1n) is 8.46. The zero-order valence-corrected chi connectivity index (χ0v) is 13.8. The molecule has 3 unspecified atom stereocenters. The van der Waals surface area contributed by atoms with E-state index in [4.69, 9.17) is 0 Å². The van der Waals surface area contributed by atoms with Crippen LogP contribution in [0.25, 0.3) is 0 Å². The van der Waals surface area contributed by atoms with E-state index in [1.807, 2.05) is 32.0 Å². The first-order chi connectivity index (χ1) is 11.0. The number of nitrogens with one attached hydrogen (secondary N) is 3. The monoisotopic (exact) mass is 315 g/mol. The smallest absolute Gasteiger partial charge is 0.237 e. The highest BCUT2D eigenvalue weighted by molar-refractivity contribution is 5.95. The molecule has 0 aromatic heterocycles. The minimum Gasteiger partial charge on any atom is -0.350 e. The lowest BCUT2D eigenvalue weighted by Gasteiger charge is -2.40. The Labute approximate surface area is 137 Å². The summed E-state index contributed by atoms with van der Waals surface area (Å²) in [6.45, 7) is 4.06. The lowest BCUT2D eigenvalue weighted by atomic mass is 9.87. The van der Waals surface area contributed by atoms with Gasteiger partial charge >= 0.3 is 0 Å². The van der Waals surface area contributed by atoms with Crippen LogP contribution in [0.2, 0.25) is 0 Å². The molecule has 3 atom stereocenters. The zero-order valence-electron chi connectivity index (χ0n) is 13.8. The Morgan fingerprint density at radius 3 is 2.65 bits per heavy atom. The summed E-state index contributed by atoms with van der Waals surface area (Å²) < 4.78 is 0. The number of hydrogen-bond donors (Lipinski definition) is 3. The maximum atomic E-state index is 12.3. The van der Waals surface area contributed by atoms with E-state index < -0.39 is 6.04 Å². The molecule has 23 heavy (non-hydrogen) atoms. The van der Waals surface area contributed by atoms with E-state index in [0.717, 1.165) is 24.1 Å². The number of carbonyl (C=O) groups excluding carboxylic acids is 2. The van der Waals surface area contributed by atoms with Gasteiger partial charge in [0, 0.05) is 17.8 Å². The molecular weight excluding hydrogens is 290 g/mol. The molecule has 0 bridgehead atoms. The van der Waals surface area contributed by atoms with Crippen molar-refractivity contribution >= 4 is 17.5 Å². The van der Waals surface area contributed by atoms with Gasteiger partial charge < -0.3 is 16.0 Å².